The number of hydrogen-bond donors (Lipinski definition) is 1. The van der Waals surface area contributed by atoms with Crippen molar-refractivity contribution >= 4 is 11.5 Å². The molecule has 0 saturated carbocycles. The van der Waals surface area contributed by atoms with E-state index in [1.807, 2.05) is 43.1 Å². The Morgan fingerprint density at radius 2 is 1.88 bits per heavy atom. The maximum absolute atomic E-state index is 5.74. The maximum atomic E-state index is 5.74. The van der Waals surface area contributed by atoms with Gasteiger partial charge in [0.25, 0.3) is 0 Å². The highest BCUT2D eigenvalue weighted by Gasteiger charge is 2.11. The fourth-order valence-corrected chi connectivity index (χ4v) is 1.85. The summed E-state index contributed by atoms with van der Waals surface area (Å²) in [5.41, 5.74) is 8.81. The highest BCUT2D eigenvalue weighted by atomic mass is 15.2. The minimum absolute atomic E-state index is 0.514. The molecular weight excluding hydrogens is 212 g/mol. The molecule has 0 bridgehead atoms. The first-order chi connectivity index (χ1) is 8.24. The van der Waals surface area contributed by atoms with Crippen molar-refractivity contribution in [2.45, 2.75) is 13.5 Å². The Hall–Kier alpha value is -1.94. The number of hydrogen-bond acceptors (Lipinski definition) is 4. The van der Waals surface area contributed by atoms with Crippen molar-refractivity contribution in [1.82, 2.24) is 9.97 Å². The van der Waals surface area contributed by atoms with Crippen LogP contribution in [0.5, 0.6) is 0 Å². The summed E-state index contributed by atoms with van der Waals surface area (Å²) < 4.78 is 0. The molecule has 0 amide bonds. The monoisotopic (exact) mass is 228 g/mol. The summed E-state index contributed by atoms with van der Waals surface area (Å²) in [6.45, 7) is 2.46. The van der Waals surface area contributed by atoms with Crippen LogP contribution in [0.2, 0.25) is 0 Å². The summed E-state index contributed by atoms with van der Waals surface area (Å²) in [5.74, 6) is 0.855. The molecule has 1 aromatic carbocycles. The quantitative estimate of drug-likeness (QED) is 0.873. The minimum atomic E-state index is 0.514. The second-order valence-corrected chi connectivity index (χ2v) is 3.86. The second-order valence-electron chi connectivity index (χ2n) is 3.86. The molecule has 0 spiro atoms. The van der Waals surface area contributed by atoms with Crippen molar-refractivity contribution in [3.63, 3.8) is 0 Å². The molecule has 2 N–H and O–H groups in total. The van der Waals surface area contributed by atoms with Crippen LogP contribution in [0.4, 0.5) is 11.5 Å². The predicted molar refractivity (Wildman–Crippen MR) is 69.2 cm³/mol. The first kappa shape index (κ1) is 11.5. The number of para-hydroxylation sites is 1. The Bertz CT molecular complexity index is 510. The van der Waals surface area contributed by atoms with E-state index in [4.69, 9.17) is 5.73 Å². The van der Waals surface area contributed by atoms with Crippen LogP contribution in [0.1, 0.15) is 11.3 Å². The number of aryl methyl sites for hydroxylation is 1. The van der Waals surface area contributed by atoms with Gasteiger partial charge in [0.05, 0.1) is 5.69 Å². The molecule has 2 rings (SSSR count). The molecule has 4 heteroatoms. The lowest BCUT2D eigenvalue weighted by atomic mass is 10.1. The summed E-state index contributed by atoms with van der Waals surface area (Å²) in [7, 11) is 1.98. The molecule has 88 valence electrons. The van der Waals surface area contributed by atoms with Crippen LogP contribution in [-0.4, -0.2) is 17.0 Å². The van der Waals surface area contributed by atoms with Gasteiger partial charge in [0.15, 0.2) is 5.82 Å². The van der Waals surface area contributed by atoms with Crippen molar-refractivity contribution in [3.05, 3.63) is 47.9 Å². The van der Waals surface area contributed by atoms with Crippen molar-refractivity contribution < 1.29 is 0 Å². The Kier molecular flexibility index (Phi) is 3.35. The topological polar surface area (TPSA) is 55.0 Å². The van der Waals surface area contributed by atoms with Crippen LogP contribution in [0.3, 0.4) is 0 Å². The van der Waals surface area contributed by atoms with Crippen molar-refractivity contribution in [1.29, 1.82) is 0 Å². The Balaban J connectivity index is 2.44. The third-order valence-electron chi connectivity index (χ3n) is 2.75. The van der Waals surface area contributed by atoms with E-state index in [9.17, 15) is 0 Å². The van der Waals surface area contributed by atoms with E-state index >= 15 is 0 Å². The van der Waals surface area contributed by atoms with Crippen molar-refractivity contribution in [2.75, 3.05) is 11.9 Å². The summed E-state index contributed by atoms with van der Waals surface area (Å²) in [5, 5.41) is 0. The molecule has 0 unspecified atom stereocenters. The summed E-state index contributed by atoms with van der Waals surface area (Å²) in [6.07, 6.45) is 3.39. The molecule has 0 aliphatic rings. The number of anilines is 2. The van der Waals surface area contributed by atoms with Crippen LogP contribution in [0, 0.1) is 6.92 Å². The third-order valence-corrected chi connectivity index (χ3v) is 2.75. The van der Waals surface area contributed by atoms with E-state index in [0.717, 1.165) is 22.8 Å². The van der Waals surface area contributed by atoms with Gasteiger partial charge in [-0.05, 0) is 18.6 Å². The number of nitrogens with zero attached hydrogens (tertiary/aromatic N) is 3. The fraction of sp³-hybridized carbons (Fsp3) is 0.231. The second kappa shape index (κ2) is 4.93. The molecule has 4 nitrogen and oxygen atoms in total. The third kappa shape index (κ3) is 2.26. The number of rotatable bonds is 3. The fourth-order valence-electron chi connectivity index (χ4n) is 1.85. The molecule has 0 atom stereocenters. The average molecular weight is 228 g/mol. The Morgan fingerprint density at radius 3 is 2.59 bits per heavy atom. The molecule has 2 aromatic rings. The highest BCUT2D eigenvalue weighted by Crippen LogP contribution is 2.26. The lowest BCUT2D eigenvalue weighted by Gasteiger charge is -2.22. The van der Waals surface area contributed by atoms with Crippen molar-refractivity contribution in [3.8, 4) is 0 Å². The number of benzene rings is 1. The van der Waals surface area contributed by atoms with Gasteiger partial charge in [0.2, 0.25) is 0 Å². The zero-order valence-electron chi connectivity index (χ0n) is 10.1. The van der Waals surface area contributed by atoms with Gasteiger partial charge in [0.1, 0.15) is 0 Å². The highest BCUT2D eigenvalue weighted by molar-refractivity contribution is 5.64. The van der Waals surface area contributed by atoms with Gasteiger partial charge in [-0.15, -0.1) is 0 Å². The largest absolute Gasteiger partial charge is 0.328 e. The van der Waals surface area contributed by atoms with Crippen LogP contribution in [-0.2, 0) is 6.54 Å². The summed E-state index contributed by atoms with van der Waals surface area (Å²) in [6, 6.07) is 8.05. The molecule has 0 saturated heterocycles. The normalized spacial score (nSPS) is 10.3. The van der Waals surface area contributed by atoms with Gasteiger partial charge >= 0.3 is 0 Å². The first-order valence-electron chi connectivity index (χ1n) is 5.53. The molecule has 0 radical (unpaired) electrons. The van der Waals surface area contributed by atoms with E-state index in [2.05, 4.69) is 9.97 Å². The zero-order valence-corrected chi connectivity index (χ0v) is 10.1. The van der Waals surface area contributed by atoms with Crippen LogP contribution >= 0.6 is 0 Å². The first-order valence-corrected chi connectivity index (χ1v) is 5.53. The van der Waals surface area contributed by atoms with E-state index in [0.29, 0.717) is 6.54 Å². The lowest BCUT2D eigenvalue weighted by molar-refractivity contribution is 1.01. The standard InChI is InChI=1S/C13H16N4/c1-10-13(16-8-7-15-10)17(2)12-6-4-3-5-11(12)9-14/h3-8H,9,14H2,1-2H3. The molecule has 1 aromatic heterocycles. The molecule has 17 heavy (non-hydrogen) atoms. The molecule has 1 heterocycles. The van der Waals surface area contributed by atoms with Gasteiger partial charge in [-0.1, -0.05) is 18.2 Å². The van der Waals surface area contributed by atoms with E-state index in [1.54, 1.807) is 12.4 Å². The smallest absolute Gasteiger partial charge is 0.154 e. The Labute approximate surface area is 101 Å². The molecule has 0 aliphatic heterocycles. The maximum Gasteiger partial charge on any atom is 0.154 e. The van der Waals surface area contributed by atoms with E-state index in [-0.39, 0.29) is 0 Å². The SMILES string of the molecule is Cc1nccnc1N(C)c1ccccc1CN. The van der Waals surface area contributed by atoms with Crippen LogP contribution in [0.25, 0.3) is 0 Å². The van der Waals surface area contributed by atoms with Crippen LogP contribution < -0.4 is 10.6 Å². The molecule has 0 aliphatic carbocycles. The minimum Gasteiger partial charge on any atom is -0.328 e. The van der Waals surface area contributed by atoms with Crippen molar-refractivity contribution in [2.24, 2.45) is 5.73 Å². The van der Waals surface area contributed by atoms with Crippen LogP contribution in [0.15, 0.2) is 36.7 Å². The number of nitrogens with two attached hydrogens (primary N) is 1. The Morgan fingerprint density at radius 1 is 1.18 bits per heavy atom. The lowest BCUT2D eigenvalue weighted by Crippen LogP contribution is -2.16. The predicted octanol–water partition coefficient (Wildman–Crippen LogP) is 2.01. The summed E-state index contributed by atoms with van der Waals surface area (Å²) in [4.78, 5) is 10.6. The average Bonchev–Trinajstić information content (AvgIpc) is 2.38. The van der Waals surface area contributed by atoms with Gasteiger partial charge in [-0.25, -0.2) is 4.98 Å². The van der Waals surface area contributed by atoms with E-state index in [1.165, 1.54) is 0 Å². The van der Waals surface area contributed by atoms with Gasteiger partial charge < -0.3 is 10.6 Å². The van der Waals surface area contributed by atoms with Gasteiger partial charge in [0, 0.05) is 31.7 Å². The van der Waals surface area contributed by atoms with Gasteiger partial charge in [-0.2, -0.15) is 0 Å². The molecule has 0 fully saturated rings. The molecular formula is C13H16N4. The number of aromatic nitrogens is 2. The van der Waals surface area contributed by atoms with E-state index < -0.39 is 0 Å². The van der Waals surface area contributed by atoms with Gasteiger partial charge in [-0.3, -0.25) is 4.98 Å². The zero-order chi connectivity index (χ0) is 12.3. The summed E-state index contributed by atoms with van der Waals surface area (Å²) >= 11 is 0.